The predicted octanol–water partition coefficient (Wildman–Crippen LogP) is 7.97. The molecule has 8 heteroatoms. The summed E-state index contributed by atoms with van der Waals surface area (Å²) in [6.45, 7) is 8.82. The Labute approximate surface area is 226 Å². The lowest BCUT2D eigenvalue weighted by atomic mass is 10.0. The van der Waals surface area contributed by atoms with Gasteiger partial charge in [0.05, 0.1) is 11.6 Å². The van der Waals surface area contributed by atoms with Crippen LogP contribution in [0, 0.1) is 0 Å². The average molecular weight is 542 g/mol. The summed E-state index contributed by atoms with van der Waals surface area (Å²) in [5.41, 5.74) is 0.823. The van der Waals surface area contributed by atoms with Crippen molar-refractivity contribution in [2.24, 2.45) is 0 Å². The minimum Gasteiger partial charge on any atom is -0.457 e. The molecule has 1 atom stereocenters. The highest BCUT2D eigenvalue weighted by Gasteiger charge is 2.37. The Hall–Kier alpha value is -3.16. The van der Waals surface area contributed by atoms with Gasteiger partial charge in [-0.25, -0.2) is 0 Å². The Morgan fingerprint density at radius 2 is 1.53 bits per heavy atom. The third-order valence-corrected chi connectivity index (χ3v) is 7.50. The number of alkyl halides is 3. The van der Waals surface area contributed by atoms with Gasteiger partial charge in [-0.1, -0.05) is 36.7 Å². The molecule has 0 saturated carbocycles. The van der Waals surface area contributed by atoms with Gasteiger partial charge in [0, 0.05) is 30.3 Å². The van der Waals surface area contributed by atoms with E-state index >= 15 is 0 Å². The number of benzene rings is 3. The molecule has 4 nitrogen and oxygen atoms in total. The Bertz CT molecular complexity index is 1240. The molecule has 0 N–H and O–H groups in total. The lowest BCUT2D eigenvalue weighted by molar-refractivity contribution is -0.137. The van der Waals surface area contributed by atoms with Crippen LogP contribution in [0.1, 0.15) is 36.4 Å². The number of piperidine rings is 1. The van der Waals surface area contributed by atoms with Gasteiger partial charge in [-0.15, -0.1) is 0 Å². The monoisotopic (exact) mass is 541 g/mol. The number of hydrogen-bond acceptors (Lipinski definition) is 4. The van der Waals surface area contributed by atoms with Gasteiger partial charge in [0.1, 0.15) is 17.3 Å². The second-order valence-electron chi connectivity index (χ2n) is 9.82. The first-order valence-corrected chi connectivity index (χ1v) is 13.3. The van der Waals surface area contributed by atoms with Crippen molar-refractivity contribution in [2.45, 2.75) is 31.5 Å². The summed E-state index contributed by atoms with van der Waals surface area (Å²) in [6, 6.07) is 20.0. The first-order chi connectivity index (χ1) is 18.3. The van der Waals surface area contributed by atoms with Gasteiger partial charge in [-0.2, -0.15) is 13.2 Å². The molecule has 38 heavy (non-hydrogen) atoms. The fourth-order valence-electron chi connectivity index (χ4n) is 5.21. The van der Waals surface area contributed by atoms with Gasteiger partial charge in [-0.05, 0) is 92.2 Å². The van der Waals surface area contributed by atoms with Crippen LogP contribution in [0.3, 0.4) is 0 Å². The van der Waals surface area contributed by atoms with Crippen molar-refractivity contribution in [1.29, 1.82) is 0 Å². The molecule has 2 saturated heterocycles. The van der Waals surface area contributed by atoms with Gasteiger partial charge in [0.25, 0.3) is 0 Å². The van der Waals surface area contributed by atoms with Crippen molar-refractivity contribution in [1.82, 2.24) is 9.80 Å². The zero-order chi connectivity index (χ0) is 26.7. The van der Waals surface area contributed by atoms with E-state index in [-0.39, 0.29) is 6.04 Å². The molecule has 3 aromatic carbocycles. The molecule has 5 rings (SSSR count). The number of hydrogen-bond donors (Lipinski definition) is 0. The highest BCUT2D eigenvalue weighted by Crippen LogP contribution is 2.41. The lowest BCUT2D eigenvalue weighted by Gasteiger charge is -2.30. The number of anilines is 1. The summed E-state index contributed by atoms with van der Waals surface area (Å²) in [5.74, 6) is 2.10. The maximum absolute atomic E-state index is 13.5. The summed E-state index contributed by atoms with van der Waals surface area (Å²) >= 11 is 5.96. The maximum atomic E-state index is 13.5. The van der Waals surface area contributed by atoms with Crippen molar-refractivity contribution in [3.05, 3.63) is 101 Å². The van der Waals surface area contributed by atoms with Gasteiger partial charge in [0.2, 0.25) is 0 Å². The normalized spacial score (nSPS) is 18.7. The lowest BCUT2D eigenvalue weighted by Crippen LogP contribution is -2.36. The van der Waals surface area contributed by atoms with E-state index in [1.165, 1.54) is 31.4 Å². The van der Waals surface area contributed by atoms with Crippen molar-refractivity contribution < 1.29 is 17.9 Å². The fraction of sp³-hybridized carbons (Fsp3) is 0.333. The summed E-state index contributed by atoms with van der Waals surface area (Å²) < 4.78 is 46.5. The van der Waals surface area contributed by atoms with Crippen LogP contribution in [0.25, 0.3) is 0 Å². The van der Waals surface area contributed by atoms with Crippen LogP contribution in [0.2, 0.25) is 5.02 Å². The van der Waals surface area contributed by atoms with Crippen LogP contribution in [-0.2, 0) is 6.18 Å². The van der Waals surface area contributed by atoms with E-state index in [1.54, 1.807) is 30.3 Å². The quantitative estimate of drug-likeness (QED) is 0.302. The number of likely N-dealkylation sites (tertiary alicyclic amines) is 1. The van der Waals surface area contributed by atoms with Crippen LogP contribution >= 0.6 is 11.6 Å². The zero-order valence-electron chi connectivity index (χ0n) is 21.1. The van der Waals surface area contributed by atoms with Crippen LogP contribution in [0.15, 0.2) is 85.2 Å². The highest BCUT2D eigenvalue weighted by molar-refractivity contribution is 6.30. The first-order valence-electron chi connectivity index (χ1n) is 12.9. The van der Waals surface area contributed by atoms with Crippen molar-refractivity contribution in [3.63, 3.8) is 0 Å². The van der Waals surface area contributed by atoms with Gasteiger partial charge < -0.3 is 19.4 Å². The largest absolute Gasteiger partial charge is 0.457 e. The topological polar surface area (TPSA) is 19.0 Å². The minimum absolute atomic E-state index is 0.297. The molecule has 2 aliphatic heterocycles. The second-order valence-corrected chi connectivity index (χ2v) is 10.3. The summed E-state index contributed by atoms with van der Waals surface area (Å²) in [7, 11) is 0. The smallest absolute Gasteiger partial charge is 0.416 e. The fourth-order valence-corrected chi connectivity index (χ4v) is 5.34. The maximum Gasteiger partial charge on any atom is 0.416 e. The number of halogens is 4. The van der Waals surface area contributed by atoms with Crippen molar-refractivity contribution in [3.8, 4) is 11.5 Å². The van der Waals surface area contributed by atoms with Crippen molar-refractivity contribution in [2.75, 3.05) is 37.6 Å². The molecular formula is C30H31ClF3N3O. The van der Waals surface area contributed by atoms with E-state index < -0.39 is 11.7 Å². The Kier molecular flexibility index (Phi) is 7.86. The Morgan fingerprint density at radius 3 is 2.18 bits per heavy atom. The van der Waals surface area contributed by atoms with E-state index in [9.17, 15) is 13.2 Å². The molecule has 2 fully saturated rings. The molecule has 0 bridgehead atoms. The van der Waals surface area contributed by atoms with Crippen molar-refractivity contribution >= 4 is 17.3 Å². The molecule has 0 spiro atoms. The molecule has 2 heterocycles. The number of nitrogens with zero attached hydrogens (tertiary/aromatic N) is 3. The van der Waals surface area contributed by atoms with E-state index in [0.717, 1.165) is 43.8 Å². The SMILES string of the molecule is C=C1N(CCN2CCCCC2)CC(c2cccc(C(F)(F)F)c2)N1c1ccc(Oc2ccc(Cl)cc2)cc1. The molecule has 0 aromatic heterocycles. The third-order valence-electron chi connectivity index (χ3n) is 7.25. The van der Waals surface area contributed by atoms with Crippen LogP contribution in [0.5, 0.6) is 11.5 Å². The summed E-state index contributed by atoms with van der Waals surface area (Å²) in [5, 5.41) is 0.630. The standard InChI is InChI=1S/C30H31ClF3N3O/c1-22-36(19-18-35-16-3-2-4-17-35)21-29(23-6-5-7-24(20-23)30(32,33)34)37(22)26-10-14-28(15-11-26)38-27-12-8-25(31)9-13-27/h5-15,20,29H,1-4,16-19,21H2. The molecule has 3 aromatic rings. The molecule has 2 aliphatic rings. The second kappa shape index (κ2) is 11.3. The first kappa shape index (κ1) is 26.4. The summed E-state index contributed by atoms with van der Waals surface area (Å²) in [6.07, 6.45) is -0.699. The average Bonchev–Trinajstić information content (AvgIpc) is 3.25. The molecule has 200 valence electrons. The van der Waals surface area contributed by atoms with E-state index in [4.69, 9.17) is 16.3 Å². The summed E-state index contributed by atoms with van der Waals surface area (Å²) in [4.78, 5) is 6.69. The van der Waals surface area contributed by atoms with Crippen LogP contribution in [0.4, 0.5) is 18.9 Å². The predicted molar refractivity (Wildman–Crippen MR) is 146 cm³/mol. The molecule has 0 amide bonds. The Morgan fingerprint density at radius 1 is 0.868 bits per heavy atom. The third kappa shape index (κ3) is 6.11. The molecule has 0 aliphatic carbocycles. The minimum atomic E-state index is -4.40. The van der Waals surface area contributed by atoms with Gasteiger partial charge in [0.15, 0.2) is 0 Å². The molecule has 1 unspecified atom stereocenters. The van der Waals surface area contributed by atoms with E-state index in [1.807, 2.05) is 29.2 Å². The van der Waals surface area contributed by atoms with E-state index in [2.05, 4.69) is 16.4 Å². The zero-order valence-corrected chi connectivity index (χ0v) is 21.9. The van der Waals surface area contributed by atoms with Gasteiger partial charge >= 0.3 is 6.18 Å². The molecule has 0 radical (unpaired) electrons. The van der Waals surface area contributed by atoms with Crippen LogP contribution < -0.4 is 9.64 Å². The number of ether oxygens (including phenoxy) is 1. The van der Waals surface area contributed by atoms with Crippen LogP contribution in [-0.4, -0.2) is 42.5 Å². The van der Waals surface area contributed by atoms with Gasteiger partial charge in [-0.3, -0.25) is 0 Å². The number of rotatable bonds is 7. The highest BCUT2D eigenvalue weighted by atomic mass is 35.5. The van der Waals surface area contributed by atoms with E-state index in [0.29, 0.717) is 28.6 Å². The Balaban J connectivity index is 1.39. The molecular weight excluding hydrogens is 511 g/mol.